The van der Waals surface area contributed by atoms with E-state index < -0.39 is 5.97 Å². The van der Waals surface area contributed by atoms with Crippen molar-refractivity contribution in [3.63, 3.8) is 0 Å². The van der Waals surface area contributed by atoms with Crippen LogP contribution < -0.4 is 10.1 Å². The lowest BCUT2D eigenvalue weighted by Crippen LogP contribution is -2.30. The molecule has 0 heterocycles. The number of aliphatic carboxylic acids is 1. The van der Waals surface area contributed by atoms with Gasteiger partial charge in [0.2, 0.25) is 0 Å². The minimum Gasteiger partial charge on any atom is -0.494 e. The van der Waals surface area contributed by atoms with E-state index in [2.05, 4.69) is 24.4 Å². The Morgan fingerprint density at radius 2 is 2.10 bits per heavy atom. The van der Waals surface area contributed by atoms with Crippen molar-refractivity contribution in [1.29, 1.82) is 0 Å². The zero-order valence-electron chi connectivity index (χ0n) is 12.8. The molecule has 1 aromatic rings. The van der Waals surface area contributed by atoms with Crippen LogP contribution in [-0.2, 0) is 4.79 Å². The first-order valence-corrected chi connectivity index (χ1v) is 7.80. The maximum Gasteiger partial charge on any atom is 0.306 e. The van der Waals surface area contributed by atoms with Gasteiger partial charge in [-0.3, -0.25) is 4.79 Å². The van der Waals surface area contributed by atoms with E-state index in [1.54, 1.807) is 0 Å². The molecule has 4 heteroatoms. The largest absolute Gasteiger partial charge is 0.494 e. The summed E-state index contributed by atoms with van der Waals surface area (Å²) in [5, 5.41) is 12.7. The van der Waals surface area contributed by atoms with Gasteiger partial charge in [0.25, 0.3) is 0 Å². The highest BCUT2D eigenvalue weighted by molar-refractivity contribution is 5.70. The Labute approximate surface area is 126 Å². The second-order valence-corrected chi connectivity index (χ2v) is 5.77. The molecule has 1 aliphatic carbocycles. The van der Waals surface area contributed by atoms with E-state index in [0.29, 0.717) is 6.61 Å². The topological polar surface area (TPSA) is 58.6 Å². The van der Waals surface area contributed by atoms with Gasteiger partial charge in [-0.15, -0.1) is 0 Å². The van der Waals surface area contributed by atoms with Crippen molar-refractivity contribution in [2.45, 2.75) is 39.2 Å². The van der Waals surface area contributed by atoms with Gasteiger partial charge in [-0.25, -0.2) is 0 Å². The van der Waals surface area contributed by atoms with E-state index in [-0.39, 0.29) is 17.9 Å². The summed E-state index contributed by atoms with van der Waals surface area (Å²) < 4.78 is 5.44. The van der Waals surface area contributed by atoms with E-state index in [9.17, 15) is 9.90 Å². The highest BCUT2D eigenvalue weighted by Gasteiger charge is 2.32. The van der Waals surface area contributed by atoms with Crippen LogP contribution in [0.3, 0.4) is 0 Å². The molecule has 116 valence electrons. The van der Waals surface area contributed by atoms with Gasteiger partial charge in [0.15, 0.2) is 0 Å². The molecule has 2 rings (SSSR count). The van der Waals surface area contributed by atoms with Crippen LogP contribution in [0.25, 0.3) is 0 Å². The number of rotatable bonds is 7. The lowest BCUT2D eigenvalue weighted by Gasteiger charge is -2.20. The van der Waals surface area contributed by atoms with E-state index in [0.717, 1.165) is 31.6 Å². The molecule has 0 spiro atoms. The highest BCUT2D eigenvalue weighted by Crippen LogP contribution is 2.31. The molecule has 0 aliphatic heterocycles. The maximum absolute atomic E-state index is 11.2. The van der Waals surface area contributed by atoms with Crippen LogP contribution in [-0.4, -0.2) is 24.2 Å². The van der Waals surface area contributed by atoms with Crippen molar-refractivity contribution >= 4 is 5.97 Å². The lowest BCUT2D eigenvalue weighted by molar-refractivity contribution is -0.142. The average Bonchev–Trinajstić information content (AvgIpc) is 2.94. The van der Waals surface area contributed by atoms with Crippen molar-refractivity contribution < 1.29 is 14.6 Å². The van der Waals surface area contributed by atoms with Gasteiger partial charge in [-0.05, 0) is 56.8 Å². The van der Waals surface area contributed by atoms with Gasteiger partial charge in [0.1, 0.15) is 5.75 Å². The predicted octanol–water partition coefficient (Wildman–Crippen LogP) is 3.24. The number of ether oxygens (including phenoxy) is 1. The summed E-state index contributed by atoms with van der Waals surface area (Å²) in [6.07, 6.45) is 2.86. The lowest BCUT2D eigenvalue weighted by atomic mass is 9.95. The van der Waals surface area contributed by atoms with E-state index in [1.165, 1.54) is 5.56 Å². The molecular formula is C17H25NO3. The summed E-state index contributed by atoms with van der Waals surface area (Å²) in [5.41, 5.74) is 1.20. The van der Waals surface area contributed by atoms with Gasteiger partial charge >= 0.3 is 5.97 Å². The number of benzene rings is 1. The number of nitrogens with one attached hydrogen (secondary N) is 1. The maximum atomic E-state index is 11.2. The summed E-state index contributed by atoms with van der Waals surface area (Å²) in [6.45, 7) is 5.52. The minimum absolute atomic E-state index is 0.176. The molecule has 2 N–H and O–H groups in total. The number of carbonyl (C=O) groups is 1. The van der Waals surface area contributed by atoms with E-state index in [4.69, 9.17) is 4.74 Å². The molecule has 0 saturated heterocycles. The third-order valence-electron chi connectivity index (χ3n) is 4.35. The third-order valence-corrected chi connectivity index (χ3v) is 4.35. The van der Waals surface area contributed by atoms with Gasteiger partial charge in [-0.1, -0.05) is 18.6 Å². The summed E-state index contributed by atoms with van der Waals surface area (Å²) >= 11 is 0. The van der Waals surface area contributed by atoms with Gasteiger partial charge in [0, 0.05) is 6.04 Å². The van der Waals surface area contributed by atoms with Crippen LogP contribution in [0.4, 0.5) is 0 Å². The van der Waals surface area contributed by atoms with E-state index in [1.807, 2.05) is 19.1 Å². The molecule has 0 bridgehead atoms. The van der Waals surface area contributed by atoms with Crippen LogP contribution in [0.2, 0.25) is 0 Å². The Kier molecular flexibility index (Phi) is 5.62. The van der Waals surface area contributed by atoms with Crippen molar-refractivity contribution in [1.82, 2.24) is 5.32 Å². The summed E-state index contributed by atoms with van der Waals surface area (Å²) in [6, 6.07) is 8.30. The van der Waals surface area contributed by atoms with Crippen molar-refractivity contribution in [3.8, 4) is 5.75 Å². The first-order valence-electron chi connectivity index (χ1n) is 7.80. The van der Waals surface area contributed by atoms with Crippen LogP contribution in [0.5, 0.6) is 5.75 Å². The minimum atomic E-state index is -0.645. The van der Waals surface area contributed by atoms with Crippen LogP contribution >= 0.6 is 0 Å². The smallest absolute Gasteiger partial charge is 0.306 e. The van der Waals surface area contributed by atoms with E-state index >= 15 is 0 Å². The molecule has 1 fully saturated rings. The predicted molar refractivity (Wildman–Crippen MR) is 82.5 cm³/mol. The zero-order valence-corrected chi connectivity index (χ0v) is 12.8. The quantitative estimate of drug-likeness (QED) is 0.809. The molecule has 21 heavy (non-hydrogen) atoms. The Hall–Kier alpha value is -1.55. The monoisotopic (exact) mass is 291 g/mol. The molecule has 1 aliphatic rings. The van der Waals surface area contributed by atoms with Crippen LogP contribution in [0.1, 0.15) is 44.7 Å². The molecule has 1 aromatic carbocycles. The average molecular weight is 291 g/mol. The Morgan fingerprint density at radius 1 is 1.38 bits per heavy atom. The van der Waals surface area contributed by atoms with Gasteiger partial charge in [-0.2, -0.15) is 0 Å². The highest BCUT2D eigenvalue weighted by atomic mass is 16.5. The first-order chi connectivity index (χ1) is 10.1. The summed E-state index contributed by atoms with van der Waals surface area (Å²) in [7, 11) is 0. The van der Waals surface area contributed by atoms with Gasteiger partial charge in [0.05, 0.1) is 12.5 Å². The molecule has 4 nitrogen and oxygen atoms in total. The fraction of sp³-hybridized carbons (Fsp3) is 0.588. The fourth-order valence-corrected chi connectivity index (χ4v) is 3.07. The molecule has 0 radical (unpaired) electrons. The first kappa shape index (κ1) is 15.8. The number of carboxylic acids is 1. The van der Waals surface area contributed by atoms with Crippen molar-refractivity contribution in [2.24, 2.45) is 11.8 Å². The number of hydrogen-bond acceptors (Lipinski definition) is 3. The molecule has 3 atom stereocenters. The number of carboxylic acid groups (broad SMARTS) is 1. The molecule has 0 aromatic heterocycles. The van der Waals surface area contributed by atoms with Crippen molar-refractivity contribution in [3.05, 3.63) is 29.8 Å². The van der Waals surface area contributed by atoms with Gasteiger partial charge < -0.3 is 15.2 Å². The Balaban J connectivity index is 1.86. The summed E-state index contributed by atoms with van der Waals surface area (Å²) in [4.78, 5) is 11.2. The fourth-order valence-electron chi connectivity index (χ4n) is 3.07. The van der Waals surface area contributed by atoms with Crippen molar-refractivity contribution in [2.75, 3.05) is 13.2 Å². The van der Waals surface area contributed by atoms with Crippen LogP contribution in [0, 0.1) is 11.8 Å². The zero-order chi connectivity index (χ0) is 15.2. The molecule has 0 amide bonds. The molecule has 1 saturated carbocycles. The Morgan fingerprint density at radius 3 is 2.71 bits per heavy atom. The normalized spacial score (nSPS) is 23.0. The SMILES string of the molecule is CCOc1ccc(C(C)NCC2CCCC2C(=O)O)cc1. The molecule has 3 unspecified atom stereocenters. The van der Waals surface area contributed by atoms with Crippen LogP contribution in [0.15, 0.2) is 24.3 Å². The third kappa shape index (κ3) is 4.21. The standard InChI is InChI=1S/C17H25NO3/c1-3-21-15-9-7-13(8-10-15)12(2)18-11-14-5-4-6-16(14)17(19)20/h7-10,12,14,16,18H,3-6,11H2,1-2H3,(H,19,20). The number of hydrogen-bond donors (Lipinski definition) is 2. The summed E-state index contributed by atoms with van der Waals surface area (Å²) in [5.74, 6) is 0.320. The molecular weight excluding hydrogens is 266 g/mol. The second kappa shape index (κ2) is 7.46. The Bertz CT molecular complexity index is 458. The second-order valence-electron chi connectivity index (χ2n) is 5.77.